The smallest absolute Gasteiger partial charge is 0 e. The largest absolute Gasteiger partial charge is 0 e. The number of hydrogen-bond donors (Lipinski definition) is 0. The molecule has 0 amide bonds. The van der Waals surface area contributed by atoms with E-state index in [-0.39, 0.29) is 33.3 Å². The molecule has 0 aliphatic heterocycles. The molecule has 0 aromatic heterocycles. The summed E-state index contributed by atoms with van der Waals surface area (Å²) in [4.78, 5) is 9.64. The van der Waals surface area contributed by atoms with Crippen LogP contribution in [-0.2, 0) is 42.2 Å². The molecule has 5 radical (unpaired) electrons. The number of carbonyl (C=O) groups excluding carboxylic acids is 1. The van der Waals surface area contributed by atoms with E-state index in [1.807, 2.05) is 0 Å². The Bertz CT molecular complexity index is 32.6. The summed E-state index contributed by atoms with van der Waals surface area (Å²) in [6.45, 7) is 0. The molecular weight excluding hydrogens is 312 g/mol. The predicted molar refractivity (Wildman–Crippen MR) is 11.4 cm³/mol. The van der Waals surface area contributed by atoms with E-state index < -0.39 is 0 Å². The van der Waals surface area contributed by atoms with Gasteiger partial charge in [0.05, 0.1) is 0 Å². The van der Waals surface area contributed by atoms with Crippen LogP contribution in [0.5, 0.6) is 0 Å². The van der Waals surface area contributed by atoms with Crippen molar-refractivity contribution in [2.45, 2.75) is 0 Å². The zero-order chi connectivity index (χ0) is 2.71. The minimum absolute atomic E-state index is 0. The quantitative estimate of drug-likeness (QED) is 0.536. The summed E-state index contributed by atoms with van der Waals surface area (Å²) in [7, 11) is 0. The van der Waals surface area contributed by atoms with Crippen LogP contribution in [0.4, 0.5) is 0 Å². The molecule has 0 saturated carbocycles. The van der Waals surface area contributed by atoms with Crippen LogP contribution < -0.4 is 0 Å². The second-order valence-electron chi connectivity index (χ2n) is 0.0645. The Morgan fingerprint density at radius 2 is 1.60 bits per heavy atom. The molecule has 0 aliphatic rings. The van der Waals surface area contributed by atoms with Crippen LogP contribution >= 0.6 is 0 Å². The van der Waals surface area contributed by atoms with Gasteiger partial charge in [-0.1, -0.05) is 0 Å². The molecule has 0 fully saturated rings. The molecule has 0 N–H and O–H groups in total. The van der Waals surface area contributed by atoms with Crippen LogP contribution in [0.15, 0.2) is 0 Å². The van der Waals surface area contributed by atoms with E-state index in [4.69, 9.17) is 4.79 Å². The second-order valence-corrected chi connectivity index (χ2v) is 0.266. The van der Waals surface area contributed by atoms with Crippen molar-refractivity contribution < 1.29 is 42.2 Å². The normalized spacial score (nSPS) is 2.00. The first-order valence-corrected chi connectivity index (χ1v) is 0.856. The molecule has 0 aliphatic carbocycles. The van der Waals surface area contributed by atoms with E-state index in [2.05, 4.69) is 15.0 Å². The molecular formula is CAuNiOSi. The molecule has 1 nitrogen and oxygen atoms in total. The van der Waals surface area contributed by atoms with E-state index in [1.165, 1.54) is 0 Å². The molecule has 35 valence electrons. The van der Waals surface area contributed by atoms with E-state index in [1.54, 1.807) is 0 Å². The van der Waals surface area contributed by atoms with Crippen LogP contribution in [0.1, 0.15) is 0 Å². The molecule has 0 rings (SSSR count). The SMILES string of the molecule is O=[C]=[Ni].[Au].[Si]. The van der Waals surface area contributed by atoms with Crippen LogP contribution in [0.3, 0.4) is 0 Å². The first-order chi connectivity index (χ1) is 1.41. The average molecular weight is 312 g/mol. The third kappa shape index (κ3) is 43.5. The Balaban J connectivity index is -0.0000000200. The maximum atomic E-state index is 8.51. The third-order valence-electron chi connectivity index (χ3n) is 0. The third-order valence-corrected chi connectivity index (χ3v) is 0. The van der Waals surface area contributed by atoms with Crippen LogP contribution in [0.25, 0.3) is 0 Å². The molecule has 4 heteroatoms. The number of rotatable bonds is 0. The standard InChI is InChI=1S/CO.Au.Ni.Si/c1-2;;;. The molecule has 0 spiro atoms. The molecule has 0 aromatic carbocycles. The summed E-state index contributed by atoms with van der Waals surface area (Å²) in [5.74, 6) is 0. The monoisotopic (exact) mass is 311 g/mol. The Hall–Kier alpha value is 1.03. The first kappa shape index (κ1) is 16.6. The first-order valence-electron chi connectivity index (χ1n) is 0.362. The van der Waals surface area contributed by atoms with Gasteiger partial charge in [0.15, 0.2) is 0 Å². The van der Waals surface area contributed by atoms with E-state index >= 15 is 0 Å². The van der Waals surface area contributed by atoms with Gasteiger partial charge in [0.2, 0.25) is 0 Å². The van der Waals surface area contributed by atoms with Crippen molar-refractivity contribution in [3.63, 3.8) is 0 Å². The van der Waals surface area contributed by atoms with Gasteiger partial charge in [-0.3, -0.25) is 0 Å². The molecule has 0 saturated heterocycles. The Morgan fingerprint density at radius 1 is 1.60 bits per heavy atom. The average Bonchev–Trinajstić information content (AvgIpc) is 0.918. The molecule has 0 aromatic rings. The zero-order valence-corrected chi connectivity index (χ0v) is 6.18. The predicted octanol–water partition coefficient (Wildman–Crippen LogP) is -0.783. The maximum absolute atomic E-state index is 8.51. The van der Waals surface area contributed by atoms with Crippen molar-refractivity contribution in [2.24, 2.45) is 0 Å². The van der Waals surface area contributed by atoms with Gasteiger partial charge in [0, 0.05) is 33.3 Å². The minimum Gasteiger partial charge on any atom is 0 e. The fourth-order valence-electron chi connectivity index (χ4n) is 0. The molecule has 0 bridgehead atoms. The van der Waals surface area contributed by atoms with Crippen LogP contribution in [0, 0.1) is 0 Å². The van der Waals surface area contributed by atoms with Crippen molar-refractivity contribution >= 4 is 15.8 Å². The second kappa shape index (κ2) is 19.8. The Labute approximate surface area is 58.0 Å². The maximum Gasteiger partial charge on any atom is 0 e. The number of hydrogen-bond acceptors (Lipinski definition) is 1. The summed E-state index contributed by atoms with van der Waals surface area (Å²) in [6, 6.07) is 0. The fraction of sp³-hybridized carbons (Fsp3) is 0. The van der Waals surface area contributed by atoms with Crippen LogP contribution in [0.2, 0.25) is 0 Å². The molecule has 5 heavy (non-hydrogen) atoms. The van der Waals surface area contributed by atoms with Gasteiger partial charge in [-0.15, -0.1) is 0 Å². The van der Waals surface area contributed by atoms with E-state index in [0.29, 0.717) is 0 Å². The minimum atomic E-state index is 0. The topological polar surface area (TPSA) is 17.1 Å². The van der Waals surface area contributed by atoms with Crippen molar-refractivity contribution in [3.8, 4) is 0 Å². The van der Waals surface area contributed by atoms with Crippen molar-refractivity contribution in [2.75, 3.05) is 0 Å². The summed E-state index contributed by atoms with van der Waals surface area (Å²) in [5.41, 5.74) is 0. The summed E-state index contributed by atoms with van der Waals surface area (Å²) < 4.78 is 0. The Kier molecular flexibility index (Phi) is 65.9. The zero-order valence-electron chi connectivity index (χ0n) is 2.03. The van der Waals surface area contributed by atoms with Gasteiger partial charge < -0.3 is 0 Å². The van der Waals surface area contributed by atoms with E-state index in [9.17, 15) is 0 Å². The Morgan fingerprint density at radius 3 is 1.60 bits per heavy atom. The molecule has 0 atom stereocenters. The van der Waals surface area contributed by atoms with Gasteiger partial charge in [-0.2, -0.15) is 0 Å². The van der Waals surface area contributed by atoms with Crippen molar-refractivity contribution in [1.82, 2.24) is 0 Å². The summed E-state index contributed by atoms with van der Waals surface area (Å²) >= 11 is 3.36. The van der Waals surface area contributed by atoms with Gasteiger partial charge in [-0.05, 0) is 0 Å². The van der Waals surface area contributed by atoms with Gasteiger partial charge in [0.1, 0.15) is 0 Å². The molecule has 0 heterocycles. The summed E-state index contributed by atoms with van der Waals surface area (Å²) in [6.07, 6.45) is 0. The van der Waals surface area contributed by atoms with Gasteiger partial charge in [-0.25, -0.2) is 0 Å². The van der Waals surface area contributed by atoms with Crippen molar-refractivity contribution in [1.29, 1.82) is 0 Å². The van der Waals surface area contributed by atoms with Gasteiger partial charge >= 0.3 is 24.7 Å². The van der Waals surface area contributed by atoms with E-state index in [0.717, 1.165) is 4.86 Å². The van der Waals surface area contributed by atoms with Crippen molar-refractivity contribution in [3.05, 3.63) is 0 Å². The van der Waals surface area contributed by atoms with Gasteiger partial charge in [0.25, 0.3) is 0 Å². The summed E-state index contributed by atoms with van der Waals surface area (Å²) in [5, 5.41) is 0. The molecule has 0 unspecified atom stereocenters. The fourth-order valence-corrected chi connectivity index (χ4v) is 0. The van der Waals surface area contributed by atoms with Crippen LogP contribution in [-0.4, -0.2) is 15.8 Å².